The molecule has 31 heavy (non-hydrogen) atoms. The van der Waals surface area contributed by atoms with Crippen molar-refractivity contribution in [3.63, 3.8) is 0 Å². The first-order chi connectivity index (χ1) is 14.9. The van der Waals surface area contributed by atoms with Gasteiger partial charge in [0.15, 0.2) is 0 Å². The normalized spacial score (nSPS) is 18.2. The molecule has 0 atom stereocenters. The van der Waals surface area contributed by atoms with Gasteiger partial charge in [-0.25, -0.2) is 0 Å². The third-order valence-corrected chi connectivity index (χ3v) is 7.06. The lowest BCUT2D eigenvalue weighted by molar-refractivity contribution is -0.122. The van der Waals surface area contributed by atoms with Crippen LogP contribution in [0.2, 0.25) is 0 Å². The number of nitrogens with zero attached hydrogens (tertiary/aromatic N) is 2. The highest BCUT2D eigenvalue weighted by atomic mass is 16.2. The van der Waals surface area contributed by atoms with Crippen molar-refractivity contribution >= 4 is 23.2 Å². The zero-order valence-corrected chi connectivity index (χ0v) is 18.7. The average Bonchev–Trinajstić information content (AvgIpc) is 3.09. The highest BCUT2D eigenvalue weighted by molar-refractivity contribution is 6.05. The molecule has 166 valence electrons. The second-order valence-electron chi connectivity index (χ2n) is 9.11. The molecule has 0 spiro atoms. The molecule has 1 aromatic carbocycles. The highest BCUT2D eigenvalue weighted by Crippen LogP contribution is 2.32. The van der Waals surface area contributed by atoms with Gasteiger partial charge in [0.2, 0.25) is 5.91 Å². The maximum absolute atomic E-state index is 13.0. The van der Waals surface area contributed by atoms with E-state index in [2.05, 4.69) is 28.6 Å². The minimum absolute atomic E-state index is 0.0116. The second-order valence-corrected chi connectivity index (χ2v) is 9.11. The van der Waals surface area contributed by atoms with E-state index in [1.54, 1.807) is 0 Å². The van der Waals surface area contributed by atoms with Crippen LogP contribution in [0.5, 0.6) is 0 Å². The van der Waals surface area contributed by atoms with Gasteiger partial charge in [0.1, 0.15) is 0 Å². The summed E-state index contributed by atoms with van der Waals surface area (Å²) in [6.07, 6.45) is 7.87. The quantitative estimate of drug-likeness (QED) is 0.741. The summed E-state index contributed by atoms with van der Waals surface area (Å²) in [4.78, 5) is 26.6. The predicted molar refractivity (Wildman–Crippen MR) is 125 cm³/mol. The van der Waals surface area contributed by atoms with Crippen molar-refractivity contribution in [3.05, 3.63) is 47.3 Å². The number of carbonyl (C=O) groups is 2. The van der Waals surface area contributed by atoms with Crippen molar-refractivity contribution in [1.82, 2.24) is 4.57 Å². The minimum Gasteiger partial charge on any atom is -0.371 e. The maximum atomic E-state index is 13.0. The Morgan fingerprint density at radius 1 is 0.968 bits per heavy atom. The third-order valence-electron chi connectivity index (χ3n) is 7.06. The molecular formula is C25H34N4O2. The Bertz CT molecular complexity index is 933. The van der Waals surface area contributed by atoms with Crippen molar-refractivity contribution in [2.45, 2.75) is 64.8 Å². The number of piperidine rings is 1. The fourth-order valence-electron chi connectivity index (χ4n) is 5.28. The molecule has 6 heteroatoms. The first-order valence-electron chi connectivity index (χ1n) is 11.6. The third kappa shape index (κ3) is 4.63. The Morgan fingerprint density at radius 2 is 1.61 bits per heavy atom. The van der Waals surface area contributed by atoms with Crippen molar-refractivity contribution in [1.29, 1.82) is 0 Å². The van der Waals surface area contributed by atoms with Crippen LogP contribution in [-0.2, 0) is 4.79 Å². The number of primary amides is 1. The van der Waals surface area contributed by atoms with E-state index < -0.39 is 0 Å². The van der Waals surface area contributed by atoms with Crippen LogP contribution in [-0.4, -0.2) is 29.5 Å². The summed E-state index contributed by atoms with van der Waals surface area (Å²) in [5.74, 6) is -0.256. The molecule has 3 N–H and O–H groups in total. The number of aromatic nitrogens is 1. The van der Waals surface area contributed by atoms with E-state index in [0.29, 0.717) is 6.04 Å². The van der Waals surface area contributed by atoms with E-state index in [1.165, 1.54) is 37.8 Å². The summed E-state index contributed by atoms with van der Waals surface area (Å²) >= 11 is 0. The average molecular weight is 423 g/mol. The Kier molecular flexibility index (Phi) is 6.35. The van der Waals surface area contributed by atoms with Crippen LogP contribution < -0.4 is 16.0 Å². The van der Waals surface area contributed by atoms with E-state index >= 15 is 0 Å². The number of nitrogens with one attached hydrogen (secondary N) is 1. The summed E-state index contributed by atoms with van der Waals surface area (Å²) in [6.45, 7) is 5.82. The molecule has 2 aliphatic rings. The monoisotopic (exact) mass is 422 g/mol. The number of aryl methyl sites for hydroxylation is 1. The minimum atomic E-state index is -0.194. The summed E-state index contributed by atoms with van der Waals surface area (Å²) in [7, 11) is 0. The van der Waals surface area contributed by atoms with Gasteiger partial charge >= 0.3 is 0 Å². The van der Waals surface area contributed by atoms with Gasteiger partial charge in [-0.2, -0.15) is 0 Å². The van der Waals surface area contributed by atoms with Crippen LogP contribution in [0.25, 0.3) is 0 Å². The molecule has 2 amide bonds. The largest absolute Gasteiger partial charge is 0.371 e. The van der Waals surface area contributed by atoms with Crippen LogP contribution in [0.1, 0.15) is 72.7 Å². The van der Waals surface area contributed by atoms with Gasteiger partial charge in [-0.3, -0.25) is 9.59 Å². The van der Waals surface area contributed by atoms with E-state index in [0.717, 1.165) is 48.6 Å². The van der Waals surface area contributed by atoms with Crippen molar-refractivity contribution < 1.29 is 9.59 Å². The van der Waals surface area contributed by atoms with Crippen LogP contribution in [0.15, 0.2) is 30.3 Å². The lowest BCUT2D eigenvalue weighted by Crippen LogP contribution is -2.38. The Hall–Kier alpha value is -2.76. The van der Waals surface area contributed by atoms with Gasteiger partial charge < -0.3 is 20.5 Å². The zero-order valence-electron chi connectivity index (χ0n) is 18.7. The highest BCUT2D eigenvalue weighted by Gasteiger charge is 2.24. The fourth-order valence-corrected chi connectivity index (χ4v) is 5.28. The molecule has 1 saturated carbocycles. The lowest BCUT2D eigenvalue weighted by Gasteiger charge is -2.32. The molecule has 4 rings (SSSR count). The van der Waals surface area contributed by atoms with Crippen LogP contribution in [0, 0.1) is 19.8 Å². The van der Waals surface area contributed by atoms with Gasteiger partial charge in [0, 0.05) is 47.8 Å². The Morgan fingerprint density at radius 3 is 2.23 bits per heavy atom. The fraction of sp³-hybridized carbons (Fsp3) is 0.520. The molecular weight excluding hydrogens is 388 g/mol. The van der Waals surface area contributed by atoms with Gasteiger partial charge in [-0.1, -0.05) is 19.3 Å². The van der Waals surface area contributed by atoms with Crippen molar-refractivity contribution in [2.75, 3.05) is 23.3 Å². The van der Waals surface area contributed by atoms with Gasteiger partial charge in [-0.05, 0) is 69.9 Å². The smallest absolute Gasteiger partial charge is 0.257 e. The molecule has 0 radical (unpaired) electrons. The first-order valence-corrected chi connectivity index (χ1v) is 11.6. The second kappa shape index (κ2) is 9.16. The number of carbonyl (C=O) groups excluding carboxylic acids is 2. The lowest BCUT2D eigenvalue weighted by atomic mass is 9.95. The van der Waals surface area contributed by atoms with Gasteiger partial charge in [0.25, 0.3) is 5.91 Å². The van der Waals surface area contributed by atoms with E-state index in [9.17, 15) is 9.59 Å². The standard InChI is InChI=1S/C25H34N4O2/c1-17-16-23(18(2)29(17)22-6-4-3-5-7-22)25(31)27-20-8-10-21(11-9-20)28-14-12-19(13-15-28)24(26)30/h8-11,16,19,22H,3-7,12-15H2,1-2H3,(H2,26,30)(H,27,31). The van der Waals surface area contributed by atoms with Crippen molar-refractivity contribution in [3.8, 4) is 0 Å². The number of rotatable bonds is 5. The molecule has 1 saturated heterocycles. The van der Waals surface area contributed by atoms with E-state index in [1.807, 2.05) is 30.3 Å². The molecule has 0 unspecified atom stereocenters. The van der Waals surface area contributed by atoms with Crippen LogP contribution in [0.3, 0.4) is 0 Å². The number of benzene rings is 1. The zero-order chi connectivity index (χ0) is 22.0. The number of hydrogen-bond donors (Lipinski definition) is 2. The molecule has 1 aliphatic carbocycles. The van der Waals surface area contributed by atoms with Gasteiger partial charge in [0.05, 0.1) is 5.56 Å². The first kappa shape index (κ1) is 21.5. The van der Waals surface area contributed by atoms with E-state index in [-0.39, 0.29) is 17.7 Å². The molecule has 0 bridgehead atoms. The summed E-state index contributed by atoms with van der Waals surface area (Å²) in [6, 6.07) is 10.5. The van der Waals surface area contributed by atoms with E-state index in [4.69, 9.17) is 5.73 Å². The Balaban J connectivity index is 1.41. The maximum Gasteiger partial charge on any atom is 0.257 e. The summed E-state index contributed by atoms with van der Waals surface area (Å²) in [5, 5.41) is 3.06. The van der Waals surface area contributed by atoms with Crippen LogP contribution in [0.4, 0.5) is 11.4 Å². The van der Waals surface area contributed by atoms with Gasteiger partial charge in [-0.15, -0.1) is 0 Å². The molecule has 1 aromatic heterocycles. The number of nitrogens with two attached hydrogens (primary N) is 1. The molecule has 2 heterocycles. The Labute approximate surface area is 184 Å². The van der Waals surface area contributed by atoms with Crippen molar-refractivity contribution in [2.24, 2.45) is 11.7 Å². The number of hydrogen-bond acceptors (Lipinski definition) is 3. The molecule has 2 fully saturated rings. The van der Waals surface area contributed by atoms with Crippen LogP contribution >= 0.6 is 0 Å². The SMILES string of the molecule is Cc1cc(C(=O)Nc2ccc(N3CCC(C(N)=O)CC3)cc2)c(C)n1C1CCCCC1. The summed E-state index contributed by atoms with van der Waals surface area (Å²) < 4.78 is 2.37. The number of amides is 2. The topological polar surface area (TPSA) is 80.4 Å². The summed E-state index contributed by atoms with van der Waals surface area (Å²) in [5.41, 5.74) is 10.3. The molecule has 2 aromatic rings. The number of anilines is 2. The predicted octanol–water partition coefficient (Wildman–Crippen LogP) is 4.56. The molecule has 1 aliphatic heterocycles. The molecule has 6 nitrogen and oxygen atoms in total.